The molecular formula is C17H34O5Si3Y-. The van der Waals surface area contributed by atoms with Crippen molar-refractivity contribution in [3.05, 3.63) is 43.3 Å². The summed E-state index contributed by atoms with van der Waals surface area (Å²) in [5, 5.41) is 9.39. The number of ketones is 1. The quantitative estimate of drug-likeness (QED) is 0.359. The summed E-state index contributed by atoms with van der Waals surface area (Å²) < 4.78 is 16.7. The van der Waals surface area contributed by atoms with Crippen LogP contribution in [-0.2, 0) is 45.4 Å². The number of hydrogen-bond acceptors (Lipinski definition) is 5. The third kappa shape index (κ3) is 14.5. The van der Waals surface area contributed by atoms with Crippen molar-refractivity contribution in [2.24, 2.45) is 0 Å². The Morgan fingerprint density at radius 3 is 2.00 bits per heavy atom. The number of carbonyl (C=O) groups excluding carboxylic acids is 1. The molecule has 1 aromatic carbocycles. The molecular weight excluding hydrogens is 457 g/mol. The van der Waals surface area contributed by atoms with Crippen LogP contribution in [0.15, 0.2) is 30.3 Å². The molecule has 0 aliphatic carbocycles. The van der Waals surface area contributed by atoms with Crippen LogP contribution < -0.4 is 0 Å². The van der Waals surface area contributed by atoms with Gasteiger partial charge in [0.2, 0.25) is 0 Å². The van der Waals surface area contributed by atoms with Crippen LogP contribution >= 0.6 is 0 Å². The van der Waals surface area contributed by atoms with Gasteiger partial charge in [-0.25, -0.2) is 0 Å². The Kier molecular flexibility index (Phi) is 17.4. The number of aliphatic hydroxyl groups is 1. The molecule has 0 amide bonds. The zero-order chi connectivity index (χ0) is 19.0. The molecule has 1 atom stereocenters. The van der Waals surface area contributed by atoms with E-state index in [0.717, 1.165) is 0 Å². The molecule has 1 unspecified atom stereocenters. The molecule has 9 heteroatoms. The fraction of sp³-hybridized carbons (Fsp3) is 0.529. The molecule has 26 heavy (non-hydrogen) atoms. The molecule has 0 saturated carbocycles. The van der Waals surface area contributed by atoms with E-state index in [1.54, 1.807) is 31.4 Å². The Morgan fingerprint density at radius 1 is 1.19 bits per heavy atom. The van der Waals surface area contributed by atoms with Crippen LogP contribution in [0.1, 0.15) is 24.2 Å². The second kappa shape index (κ2) is 14.5. The molecule has 0 heterocycles. The number of carbonyl (C=O) groups is 1. The number of rotatable bonds is 7. The van der Waals surface area contributed by atoms with Crippen molar-refractivity contribution in [1.29, 1.82) is 0 Å². The van der Waals surface area contributed by atoms with Crippen molar-refractivity contribution in [3.63, 3.8) is 0 Å². The molecule has 1 aromatic rings. The second-order valence-electron chi connectivity index (χ2n) is 6.57. The predicted molar refractivity (Wildman–Crippen MR) is 111 cm³/mol. The summed E-state index contributed by atoms with van der Waals surface area (Å²) in [6.07, 6.45) is 0. The van der Waals surface area contributed by atoms with E-state index in [-0.39, 0.29) is 45.9 Å². The molecule has 2 radical (unpaired) electrons. The average Bonchev–Trinajstić information content (AvgIpc) is 2.45. The van der Waals surface area contributed by atoms with Gasteiger partial charge in [-0.3, -0.25) is 4.79 Å². The summed E-state index contributed by atoms with van der Waals surface area (Å²) in [4.78, 5) is 11.4. The minimum absolute atomic E-state index is 0. The number of hydrogen-bond donors (Lipinski definition) is 1. The maximum absolute atomic E-state index is 11.4. The molecule has 0 fully saturated rings. The topological polar surface area (TPSA) is 65.0 Å². The summed E-state index contributed by atoms with van der Waals surface area (Å²) >= 11 is 0. The summed E-state index contributed by atoms with van der Waals surface area (Å²) in [6.45, 7) is 13.4. The fourth-order valence-corrected chi connectivity index (χ4v) is 8.61. The third-order valence-corrected chi connectivity index (χ3v) is 10.7. The minimum Gasteiger partial charge on any atom is -0.439 e. The SMILES string of the molecule is CC(C)(O)C(=O)c1ccccc1.CO[Si](C)(C)O[SiH](C)O[Si](C)C.[CH3-].[Y]. The molecule has 0 saturated heterocycles. The maximum atomic E-state index is 11.4. The van der Waals surface area contributed by atoms with Crippen LogP contribution in [0, 0.1) is 7.43 Å². The normalized spacial score (nSPS) is 12.2. The van der Waals surface area contributed by atoms with E-state index in [0.29, 0.717) is 5.56 Å². The van der Waals surface area contributed by atoms with E-state index in [1.807, 2.05) is 19.2 Å². The standard InChI is InChI=1S/C10H12O2.C6H19O3Si3.CH3.Y/c1-10(2,12)9(11)8-6-4-3-5-7-8;1-7-12(5,6)9-11(4)8-10(2)3;;/h3-7,12H,1-2H3;11H,1-6H3;1H3;/q;;-1;. The Hall–Kier alpha value is 0.485. The molecule has 0 spiro atoms. The Morgan fingerprint density at radius 2 is 1.65 bits per heavy atom. The minimum atomic E-state index is -1.85. The zero-order valence-corrected chi connectivity index (χ0v) is 23.6. The molecule has 1 rings (SSSR count). The van der Waals surface area contributed by atoms with Crippen molar-refractivity contribution in [2.75, 3.05) is 7.11 Å². The Labute approximate surface area is 189 Å². The van der Waals surface area contributed by atoms with Crippen molar-refractivity contribution < 1.29 is 55.3 Å². The van der Waals surface area contributed by atoms with E-state index in [2.05, 4.69) is 19.6 Å². The van der Waals surface area contributed by atoms with Crippen LogP contribution in [0.25, 0.3) is 0 Å². The van der Waals surface area contributed by atoms with E-state index < -0.39 is 32.5 Å². The molecule has 148 valence electrons. The van der Waals surface area contributed by atoms with Crippen molar-refractivity contribution in [1.82, 2.24) is 0 Å². The molecule has 0 aromatic heterocycles. The first-order valence-electron chi connectivity index (χ1n) is 7.91. The van der Waals surface area contributed by atoms with Gasteiger partial charge in [0.25, 0.3) is 9.28 Å². The maximum Gasteiger partial charge on any atom is 0.322 e. The molecule has 5 nitrogen and oxygen atoms in total. The first-order valence-corrected chi connectivity index (χ1v) is 15.2. The fourth-order valence-electron chi connectivity index (χ4n) is 1.75. The van der Waals surface area contributed by atoms with Crippen LogP contribution in [0.2, 0.25) is 32.7 Å². The van der Waals surface area contributed by atoms with Gasteiger partial charge >= 0.3 is 8.56 Å². The zero-order valence-electron chi connectivity index (χ0n) is 17.6. The van der Waals surface area contributed by atoms with Gasteiger partial charge in [-0.15, -0.1) is 0 Å². The smallest absolute Gasteiger partial charge is 0.322 e. The van der Waals surface area contributed by atoms with E-state index in [9.17, 15) is 9.90 Å². The molecule has 0 bridgehead atoms. The van der Waals surface area contributed by atoms with Crippen molar-refractivity contribution in [3.8, 4) is 0 Å². The van der Waals surface area contributed by atoms with Gasteiger partial charge in [0.15, 0.2) is 14.8 Å². The molecule has 0 aliphatic rings. The van der Waals surface area contributed by atoms with Gasteiger partial charge in [-0.05, 0) is 46.6 Å². The van der Waals surface area contributed by atoms with Crippen LogP contribution in [0.4, 0.5) is 0 Å². The van der Waals surface area contributed by atoms with Gasteiger partial charge in [-0.2, -0.15) is 0 Å². The van der Waals surface area contributed by atoms with Crippen molar-refractivity contribution in [2.45, 2.75) is 52.2 Å². The number of Topliss-reactive ketones (excluding diaryl/α,β-unsaturated/α-hetero) is 1. The van der Waals surface area contributed by atoms with E-state index in [4.69, 9.17) is 12.7 Å². The van der Waals surface area contributed by atoms with Crippen LogP contribution in [0.3, 0.4) is 0 Å². The third-order valence-electron chi connectivity index (χ3n) is 2.93. The largest absolute Gasteiger partial charge is 0.439 e. The average molecular weight is 492 g/mol. The summed E-state index contributed by atoms with van der Waals surface area (Å²) in [6, 6.07) is 8.78. The van der Waals surface area contributed by atoms with Gasteiger partial charge in [0, 0.05) is 45.4 Å². The summed E-state index contributed by atoms with van der Waals surface area (Å²) in [5.41, 5.74) is -0.730. The molecule has 0 aliphatic heterocycles. The molecule has 1 N–H and O–H groups in total. The van der Waals surface area contributed by atoms with Gasteiger partial charge in [0.1, 0.15) is 5.60 Å². The predicted octanol–water partition coefficient (Wildman–Crippen LogP) is 3.56. The van der Waals surface area contributed by atoms with Crippen molar-refractivity contribution >= 4 is 32.7 Å². The van der Waals surface area contributed by atoms with Gasteiger partial charge in [-0.1, -0.05) is 30.3 Å². The second-order valence-corrected chi connectivity index (χ2v) is 14.6. The van der Waals surface area contributed by atoms with Crippen LogP contribution in [0.5, 0.6) is 0 Å². The van der Waals surface area contributed by atoms with Crippen LogP contribution in [-0.4, -0.2) is 50.5 Å². The van der Waals surface area contributed by atoms with E-state index in [1.165, 1.54) is 13.8 Å². The van der Waals surface area contributed by atoms with Gasteiger partial charge < -0.3 is 25.2 Å². The Bertz CT molecular complexity index is 493. The monoisotopic (exact) mass is 491 g/mol. The summed E-state index contributed by atoms with van der Waals surface area (Å²) in [7, 11) is -2.18. The first kappa shape index (κ1) is 31.2. The Balaban J connectivity index is -0.000000378. The van der Waals surface area contributed by atoms with E-state index >= 15 is 0 Å². The summed E-state index contributed by atoms with van der Waals surface area (Å²) in [5.74, 6) is -0.247. The number of benzene rings is 1. The van der Waals surface area contributed by atoms with Gasteiger partial charge in [0.05, 0.1) is 0 Å². The first-order chi connectivity index (χ1) is 10.9.